The van der Waals surface area contributed by atoms with Crippen LogP contribution in [0.5, 0.6) is 0 Å². The zero-order valence-electron chi connectivity index (χ0n) is 19.8. The van der Waals surface area contributed by atoms with Crippen LogP contribution in [0.15, 0.2) is 79.3 Å². The fourth-order valence-corrected chi connectivity index (χ4v) is 3.80. The predicted octanol–water partition coefficient (Wildman–Crippen LogP) is 3.78. The number of aryl methyl sites for hydroxylation is 1. The Morgan fingerprint density at radius 2 is 1.64 bits per heavy atom. The van der Waals surface area contributed by atoms with Gasteiger partial charge in [-0.3, -0.25) is 9.48 Å². The number of hydrogen-bond acceptors (Lipinski definition) is 6. The normalized spacial score (nSPS) is 11.3. The van der Waals surface area contributed by atoms with Crippen molar-refractivity contribution in [2.75, 3.05) is 18.4 Å². The van der Waals surface area contributed by atoms with Gasteiger partial charge in [-0.15, -0.1) is 0 Å². The van der Waals surface area contributed by atoms with Crippen LogP contribution in [0.4, 0.5) is 5.82 Å². The molecule has 4 rings (SSSR count). The van der Waals surface area contributed by atoms with Crippen LogP contribution in [0.25, 0.3) is 11.1 Å². The average molecular weight is 476 g/mol. The minimum atomic E-state index is -0.474. The highest BCUT2D eigenvalue weighted by Gasteiger charge is 2.21. The number of nitrogens with one attached hydrogen (secondary N) is 2. The molecule has 0 radical (unpaired) electrons. The summed E-state index contributed by atoms with van der Waals surface area (Å²) in [6, 6.07) is 22.4. The van der Waals surface area contributed by atoms with Crippen molar-refractivity contribution in [2.45, 2.75) is 12.3 Å². The van der Waals surface area contributed by atoms with Gasteiger partial charge in [0.2, 0.25) is 5.91 Å². The molecule has 0 aliphatic rings. The molecule has 0 spiro atoms. The van der Waals surface area contributed by atoms with E-state index in [1.54, 1.807) is 47.4 Å². The fourth-order valence-electron chi connectivity index (χ4n) is 3.80. The highest BCUT2D eigenvalue weighted by molar-refractivity contribution is 5.95. The van der Waals surface area contributed by atoms with Crippen LogP contribution >= 0.6 is 0 Å². The predicted molar refractivity (Wildman–Crippen MR) is 137 cm³/mol. The molecule has 0 saturated heterocycles. The Kier molecular flexibility index (Phi) is 7.82. The molecular weight excluding hydrogens is 450 g/mol. The number of nitrogens with zero attached hydrogens (tertiary/aromatic N) is 5. The Hall–Kier alpha value is -4.79. The maximum absolute atomic E-state index is 13.3. The summed E-state index contributed by atoms with van der Waals surface area (Å²) in [5.41, 5.74) is 4.95. The van der Waals surface area contributed by atoms with Crippen molar-refractivity contribution in [3.63, 3.8) is 0 Å². The van der Waals surface area contributed by atoms with Crippen LogP contribution in [-0.2, 0) is 18.3 Å². The van der Waals surface area contributed by atoms with Crippen LogP contribution in [0.1, 0.15) is 28.2 Å². The zero-order valence-corrected chi connectivity index (χ0v) is 19.8. The Morgan fingerprint density at radius 3 is 2.22 bits per heavy atom. The largest absolute Gasteiger partial charge is 0.315 e. The summed E-state index contributed by atoms with van der Waals surface area (Å²) < 4.78 is 1.72. The zero-order chi connectivity index (χ0) is 25.3. The Labute approximate surface area is 209 Å². The van der Waals surface area contributed by atoms with Crippen LogP contribution in [-0.4, -0.2) is 33.8 Å². The number of nitriles is 2. The fraction of sp³-hybridized carbons (Fsp3) is 0.179. The molecule has 0 aliphatic heterocycles. The molecule has 8 heteroatoms. The molecule has 36 heavy (non-hydrogen) atoms. The third-order valence-corrected chi connectivity index (χ3v) is 5.83. The lowest BCUT2D eigenvalue weighted by atomic mass is 9.96. The molecule has 4 aromatic rings. The first-order valence-corrected chi connectivity index (χ1v) is 11.5. The molecule has 1 amide bonds. The molecule has 178 valence electrons. The summed E-state index contributed by atoms with van der Waals surface area (Å²) in [7, 11) is 1.85. The van der Waals surface area contributed by atoms with E-state index in [9.17, 15) is 4.79 Å². The van der Waals surface area contributed by atoms with Crippen molar-refractivity contribution in [3.8, 4) is 23.3 Å². The molecule has 8 nitrogen and oxygen atoms in total. The summed E-state index contributed by atoms with van der Waals surface area (Å²) in [5.74, 6) is -0.199. The van der Waals surface area contributed by atoms with Crippen molar-refractivity contribution in [1.82, 2.24) is 20.1 Å². The number of aromatic nitrogens is 3. The molecule has 2 heterocycles. The second-order valence-electron chi connectivity index (χ2n) is 8.37. The van der Waals surface area contributed by atoms with Crippen LogP contribution in [0, 0.1) is 22.7 Å². The molecule has 2 aromatic heterocycles. The average Bonchev–Trinajstić information content (AvgIpc) is 3.35. The Bertz CT molecular complexity index is 1390. The van der Waals surface area contributed by atoms with E-state index in [-0.39, 0.29) is 5.91 Å². The molecule has 2 aromatic carbocycles. The molecule has 1 atom stereocenters. The van der Waals surface area contributed by atoms with Gasteiger partial charge in [-0.1, -0.05) is 24.3 Å². The minimum Gasteiger partial charge on any atom is -0.315 e. The third-order valence-electron chi connectivity index (χ3n) is 5.83. The highest BCUT2D eigenvalue weighted by atomic mass is 16.2. The minimum absolute atomic E-state index is 0.188. The third kappa shape index (κ3) is 6.20. The Morgan fingerprint density at radius 1 is 0.944 bits per heavy atom. The van der Waals surface area contributed by atoms with Gasteiger partial charge in [0.15, 0.2) is 0 Å². The summed E-state index contributed by atoms with van der Waals surface area (Å²) in [6.07, 6.45) is 6.14. The molecular formula is C28H25N7O. The number of carbonyl (C=O) groups is 1. The van der Waals surface area contributed by atoms with Gasteiger partial charge >= 0.3 is 0 Å². The van der Waals surface area contributed by atoms with Gasteiger partial charge in [-0.2, -0.15) is 15.6 Å². The highest BCUT2D eigenvalue weighted by Crippen LogP contribution is 2.21. The van der Waals surface area contributed by atoms with E-state index in [0.717, 1.165) is 28.7 Å². The van der Waals surface area contributed by atoms with Crippen molar-refractivity contribution in [3.05, 3.63) is 102 Å². The number of rotatable bonds is 9. The molecule has 1 unspecified atom stereocenters. The van der Waals surface area contributed by atoms with Gasteiger partial charge in [0, 0.05) is 37.1 Å². The summed E-state index contributed by atoms with van der Waals surface area (Å²) in [6.45, 7) is 1.09. The van der Waals surface area contributed by atoms with E-state index in [1.165, 1.54) is 0 Å². The van der Waals surface area contributed by atoms with Crippen LogP contribution < -0.4 is 10.6 Å². The number of carbonyl (C=O) groups excluding carboxylic acids is 1. The number of pyridine rings is 1. The van der Waals surface area contributed by atoms with Crippen LogP contribution in [0.3, 0.4) is 0 Å². The number of amides is 1. The first-order chi connectivity index (χ1) is 17.6. The quantitative estimate of drug-likeness (QED) is 0.356. The molecule has 0 bridgehead atoms. The van der Waals surface area contributed by atoms with Crippen molar-refractivity contribution in [1.29, 1.82) is 10.5 Å². The van der Waals surface area contributed by atoms with Crippen LogP contribution in [0.2, 0.25) is 0 Å². The van der Waals surface area contributed by atoms with Gasteiger partial charge in [-0.25, -0.2) is 4.98 Å². The summed E-state index contributed by atoms with van der Waals surface area (Å²) in [5, 5.41) is 28.5. The lowest BCUT2D eigenvalue weighted by molar-refractivity contribution is -0.117. The van der Waals surface area contributed by atoms with Gasteiger partial charge in [0.05, 0.1) is 35.4 Å². The molecule has 0 aliphatic carbocycles. The SMILES string of the molecule is Cn1cc(-c2ccc(NC(=O)C(CNCCc3ccc(C#N)cc3)c3ccc(C#N)cc3)nc2)cn1. The van der Waals surface area contributed by atoms with E-state index >= 15 is 0 Å². The van der Waals surface area contributed by atoms with Gasteiger partial charge in [0.25, 0.3) is 0 Å². The standard InChI is InChI=1S/C28H25N7O/c1-35-19-25(17-33-35)24-10-11-27(32-16-24)34-28(36)26(23-8-6-22(15-30)7-9-23)18-31-13-12-20-2-4-21(14-29)5-3-20/h2-11,16-17,19,26,31H,12-13,18H2,1H3,(H,32,34,36). The number of anilines is 1. The van der Waals surface area contributed by atoms with Crippen molar-refractivity contribution >= 4 is 11.7 Å². The number of benzene rings is 2. The van der Waals surface area contributed by atoms with E-state index in [4.69, 9.17) is 10.5 Å². The van der Waals surface area contributed by atoms with E-state index in [1.807, 2.05) is 43.6 Å². The van der Waals surface area contributed by atoms with Gasteiger partial charge < -0.3 is 10.6 Å². The van der Waals surface area contributed by atoms with E-state index < -0.39 is 5.92 Å². The topological polar surface area (TPSA) is 119 Å². The Balaban J connectivity index is 1.42. The summed E-state index contributed by atoms with van der Waals surface area (Å²) in [4.78, 5) is 17.7. The molecule has 0 saturated carbocycles. The second kappa shape index (κ2) is 11.6. The van der Waals surface area contributed by atoms with Crippen molar-refractivity contribution in [2.24, 2.45) is 7.05 Å². The van der Waals surface area contributed by atoms with E-state index in [2.05, 4.69) is 32.9 Å². The second-order valence-corrected chi connectivity index (χ2v) is 8.37. The smallest absolute Gasteiger partial charge is 0.234 e. The lowest BCUT2D eigenvalue weighted by Gasteiger charge is -2.18. The monoisotopic (exact) mass is 475 g/mol. The van der Waals surface area contributed by atoms with Gasteiger partial charge in [-0.05, 0) is 60.5 Å². The van der Waals surface area contributed by atoms with Crippen molar-refractivity contribution < 1.29 is 4.79 Å². The first kappa shape index (κ1) is 24.3. The molecule has 0 fully saturated rings. The maximum Gasteiger partial charge on any atom is 0.234 e. The maximum atomic E-state index is 13.3. The van der Waals surface area contributed by atoms with Gasteiger partial charge in [0.1, 0.15) is 5.82 Å². The van der Waals surface area contributed by atoms with E-state index in [0.29, 0.717) is 30.0 Å². The first-order valence-electron chi connectivity index (χ1n) is 11.5. The number of hydrogen-bond donors (Lipinski definition) is 2. The summed E-state index contributed by atoms with van der Waals surface area (Å²) >= 11 is 0. The lowest BCUT2D eigenvalue weighted by Crippen LogP contribution is -2.32. The molecule has 2 N–H and O–H groups in total.